The van der Waals surface area contributed by atoms with Gasteiger partial charge in [-0.1, -0.05) is 35.3 Å². The highest BCUT2D eigenvalue weighted by Crippen LogP contribution is 2.26. The summed E-state index contributed by atoms with van der Waals surface area (Å²) in [4.78, 5) is 13.4. The van der Waals surface area contributed by atoms with E-state index in [0.29, 0.717) is 12.3 Å². The fraction of sp³-hybridized carbons (Fsp3) is 0.353. The first-order valence-corrected chi connectivity index (χ1v) is 10.4. The highest BCUT2D eigenvalue weighted by molar-refractivity contribution is 9.10. The molecule has 0 aliphatic carbocycles. The van der Waals surface area contributed by atoms with Gasteiger partial charge in [0.1, 0.15) is 10.6 Å². The number of rotatable bonds is 10. The molecule has 9 heteroatoms. The summed E-state index contributed by atoms with van der Waals surface area (Å²) < 4.78 is 33.6. The van der Waals surface area contributed by atoms with Crippen molar-refractivity contribution in [3.8, 4) is 0 Å². The molecule has 26 heavy (non-hydrogen) atoms. The lowest BCUT2D eigenvalue weighted by atomic mass is 10.3. The van der Waals surface area contributed by atoms with Crippen LogP contribution in [0.4, 0.5) is 5.69 Å². The molecule has 7 nitrogen and oxygen atoms in total. The van der Waals surface area contributed by atoms with Crippen molar-refractivity contribution in [1.82, 2.24) is 4.98 Å². The zero-order chi connectivity index (χ0) is 19.2. The second-order valence-electron chi connectivity index (χ2n) is 5.58. The number of unbranched alkanes of at least 4 members (excludes halogenated alkanes) is 1. The number of carbonyl (C=O) groups is 1. The number of carboxylic acid groups (broad SMARTS) is 1. The number of carboxylic acids is 1. The second-order valence-corrected chi connectivity index (χ2v) is 8.36. The van der Waals surface area contributed by atoms with Gasteiger partial charge in [-0.3, -0.25) is 4.31 Å². The lowest BCUT2D eigenvalue weighted by Gasteiger charge is -2.24. The second kappa shape index (κ2) is 9.20. The number of anilines is 1. The SMILES string of the molecule is CCCCOCCN(c1cccc(Br)c1)S(=O)(=O)c1c[nH]c(C(=O)O)c1. The lowest BCUT2D eigenvalue weighted by Crippen LogP contribution is -2.34. The maximum Gasteiger partial charge on any atom is 0.352 e. The van der Waals surface area contributed by atoms with Gasteiger partial charge in [0.2, 0.25) is 0 Å². The van der Waals surface area contributed by atoms with Gasteiger partial charge < -0.3 is 14.8 Å². The topological polar surface area (TPSA) is 99.7 Å². The molecule has 1 heterocycles. The third-order valence-electron chi connectivity index (χ3n) is 3.65. The molecule has 0 unspecified atom stereocenters. The van der Waals surface area contributed by atoms with E-state index in [1.807, 2.05) is 6.92 Å². The summed E-state index contributed by atoms with van der Waals surface area (Å²) >= 11 is 3.34. The van der Waals surface area contributed by atoms with Crippen LogP contribution in [0, 0.1) is 0 Å². The number of H-pyrrole nitrogens is 1. The molecule has 0 aliphatic heterocycles. The Morgan fingerprint density at radius 2 is 2.08 bits per heavy atom. The number of aromatic amines is 1. The number of nitrogens with one attached hydrogen (secondary N) is 1. The van der Waals surface area contributed by atoms with E-state index in [1.54, 1.807) is 24.3 Å². The number of aromatic nitrogens is 1. The van der Waals surface area contributed by atoms with Crippen molar-refractivity contribution in [1.29, 1.82) is 0 Å². The minimum absolute atomic E-state index is 0.108. The predicted octanol–water partition coefficient (Wildman–Crippen LogP) is 3.49. The molecule has 0 radical (unpaired) electrons. The molecule has 1 aromatic carbocycles. The Morgan fingerprint density at radius 3 is 2.69 bits per heavy atom. The zero-order valence-electron chi connectivity index (χ0n) is 14.3. The molecule has 2 N–H and O–H groups in total. The first-order chi connectivity index (χ1) is 12.4. The van der Waals surface area contributed by atoms with Crippen LogP contribution in [0.3, 0.4) is 0 Å². The standard InChI is InChI=1S/C17H21BrN2O5S/c1-2-3-8-25-9-7-20(14-6-4-5-13(18)10-14)26(23,24)15-11-16(17(21)22)19-12-15/h4-6,10-12,19H,2-3,7-9H2,1H3,(H,21,22). The molecule has 2 aromatic rings. The number of nitrogens with zero attached hydrogens (tertiary/aromatic N) is 1. The van der Waals surface area contributed by atoms with Crippen molar-refractivity contribution in [2.45, 2.75) is 24.7 Å². The van der Waals surface area contributed by atoms with Crippen LogP contribution in [0.2, 0.25) is 0 Å². The Hall–Kier alpha value is -1.84. The lowest BCUT2D eigenvalue weighted by molar-refractivity contribution is 0.0691. The summed E-state index contributed by atoms with van der Waals surface area (Å²) in [5.41, 5.74) is 0.286. The van der Waals surface area contributed by atoms with Gasteiger partial charge in [0.15, 0.2) is 0 Å². The highest BCUT2D eigenvalue weighted by atomic mass is 79.9. The number of benzene rings is 1. The molecule has 0 spiro atoms. The molecule has 0 bridgehead atoms. The molecular formula is C17H21BrN2O5S. The van der Waals surface area contributed by atoms with E-state index in [-0.39, 0.29) is 23.7 Å². The molecule has 2 rings (SSSR count). The minimum atomic E-state index is -3.94. The van der Waals surface area contributed by atoms with Gasteiger partial charge in [-0.15, -0.1) is 0 Å². The summed E-state index contributed by atoms with van der Waals surface area (Å²) in [6.07, 6.45) is 3.08. The average Bonchev–Trinajstić information content (AvgIpc) is 3.09. The summed E-state index contributed by atoms with van der Waals surface area (Å²) in [6.45, 7) is 2.97. The first-order valence-electron chi connectivity index (χ1n) is 8.14. The van der Waals surface area contributed by atoms with E-state index in [4.69, 9.17) is 9.84 Å². The molecule has 0 aliphatic rings. The van der Waals surface area contributed by atoms with Crippen LogP contribution in [-0.4, -0.2) is 44.2 Å². The summed E-state index contributed by atoms with van der Waals surface area (Å²) in [7, 11) is -3.94. The number of halogens is 1. The number of ether oxygens (including phenoxy) is 1. The van der Waals surface area contributed by atoms with Gasteiger partial charge in [0, 0.05) is 17.3 Å². The molecule has 0 saturated heterocycles. The Balaban J connectivity index is 2.30. The van der Waals surface area contributed by atoms with Crippen LogP contribution in [0.25, 0.3) is 0 Å². The Labute approximate surface area is 161 Å². The fourth-order valence-corrected chi connectivity index (χ4v) is 4.11. The van der Waals surface area contributed by atoms with Gasteiger partial charge in [-0.2, -0.15) is 0 Å². The largest absolute Gasteiger partial charge is 0.477 e. The van der Waals surface area contributed by atoms with E-state index in [9.17, 15) is 13.2 Å². The zero-order valence-corrected chi connectivity index (χ0v) is 16.7. The minimum Gasteiger partial charge on any atom is -0.477 e. The monoisotopic (exact) mass is 444 g/mol. The molecule has 142 valence electrons. The maximum atomic E-state index is 13.0. The molecule has 1 aromatic heterocycles. The van der Waals surface area contributed by atoms with E-state index in [2.05, 4.69) is 20.9 Å². The van der Waals surface area contributed by atoms with Crippen LogP contribution >= 0.6 is 15.9 Å². The molecule has 0 fully saturated rings. The first kappa shape index (κ1) is 20.5. The summed E-state index contributed by atoms with van der Waals surface area (Å²) in [6, 6.07) is 8.01. The van der Waals surface area contributed by atoms with E-state index in [0.717, 1.165) is 23.4 Å². The predicted molar refractivity (Wildman–Crippen MR) is 102 cm³/mol. The van der Waals surface area contributed by atoms with E-state index < -0.39 is 16.0 Å². The smallest absolute Gasteiger partial charge is 0.352 e. The summed E-state index contributed by atoms with van der Waals surface area (Å²) in [5.74, 6) is -1.22. The van der Waals surface area contributed by atoms with Gasteiger partial charge in [-0.25, -0.2) is 13.2 Å². The van der Waals surface area contributed by atoms with Gasteiger partial charge in [0.05, 0.1) is 18.8 Å². The number of hydrogen-bond acceptors (Lipinski definition) is 4. The molecule has 0 amide bonds. The molecule has 0 atom stereocenters. The van der Waals surface area contributed by atoms with Crippen molar-refractivity contribution in [2.75, 3.05) is 24.1 Å². The van der Waals surface area contributed by atoms with Gasteiger partial charge in [-0.05, 0) is 30.7 Å². The van der Waals surface area contributed by atoms with E-state index in [1.165, 1.54) is 10.5 Å². The van der Waals surface area contributed by atoms with Crippen molar-refractivity contribution >= 4 is 37.6 Å². The van der Waals surface area contributed by atoms with Gasteiger partial charge in [0.25, 0.3) is 10.0 Å². The van der Waals surface area contributed by atoms with Crippen LogP contribution < -0.4 is 4.31 Å². The van der Waals surface area contributed by atoms with Gasteiger partial charge >= 0.3 is 5.97 Å². The fourth-order valence-electron chi connectivity index (χ4n) is 2.29. The molecule has 0 saturated carbocycles. The third-order valence-corrected chi connectivity index (χ3v) is 5.95. The van der Waals surface area contributed by atoms with Crippen LogP contribution in [0.1, 0.15) is 30.3 Å². The number of aromatic carboxylic acids is 1. The summed E-state index contributed by atoms with van der Waals surface area (Å²) in [5, 5.41) is 9.01. The maximum absolute atomic E-state index is 13.0. The highest BCUT2D eigenvalue weighted by Gasteiger charge is 2.27. The van der Waals surface area contributed by atoms with Crippen molar-refractivity contribution in [2.24, 2.45) is 0 Å². The third kappa shape index (κ3) is 5.09. The number of sulfonamides is 1. The average molecular weight is 445 g/mol. The molecular weight excluding hydrogens is 424 g/mol. The van der Waals surface area contributed by atoms with Crippen molar-refractivity contribution in [3.05, 3.63) is 46.7 Å². The number of hydrogen-bond donors (Lipinski definition) is 2. The van der Waals surface area contributed by atoms with E-state index >= 15 is 0 Å². The normalized spacial score (nSPS) is 11.5. The van der Waals surface area contributed by atoms with Crippen LogP contribution in [0.15, 0.2) is 45.9 Å². The Morgan fingerprint density at radius 1 is 1.31 bits per heavy atom. The van der Waals surface area contributed by atoms with Crippen molar-refractivity contribution in [3.63, 3.8) is 0 Å². The van der Waals surface area contributed by atoms with Crippen molar-refractivity contribution < 1.29 is 23.1 Å². The van der Waals surface area contributed by atoms with Crippen LogP contribution in [0.5, 0.6) is 0 Å². The quantitative estimate of drug-likeness (QED) is 0.546. The Bertz CT molecular complexity index is 850. The Kier molecular flexibility index (Phi) is 7.24. The van der Waals surface area contributed by atoms with Crippen LogP contribution in [-0.2, 0) is 14.8 Å².